The number of H-pyrrole nitrogens is 1. The minimum absolute atomic E-state index is 0.0466. The monoisotopic (exact) mass is 291 g/mol. The van der Waals surface area contributed by atoms with Gasteiger partial charge in [0.15, 0.2) is 0 Å². The van der Waals surface area contributed by atoms with Gasteiger partial charge in [-0.25, -0.2) is 0 Å². The zero-order valence-corrected chi connectivity index (χ0v) is 12.5. The standard InChI is InChI=1S/C15H18ClN3O/c1-9(2)13(11-4-6-12(16)7-5-11)15(20)18-14-10(3)8-17-19-14/h4-9,13H,1-3H3,(H2,17,18,19,20). The van der Waals surface area contributed by atoms with Crippen molar-refractivity contribution < 1.29 is 4.79 Å². The van der Waals surface area contributed by atoms with Crippen molar-refractivity contribution in [1.29, 1.82) is 0 Å². The number of anilines is 1. The highest BCUT2D eigenvalue weighted by Crippen LogP contribution is 2.27. The number of amides is 1. The maximum absolute atomic E-state index is 12.5. The first-order chi connectivity index (χ1) is 9.49. The van der Waals surface area contributed by atoms with Crippen LogP contribution in [-0.2, 0) is 4.79 Å². The largest absolute Gasteiger partial charge is 0.310 e. The van der Waals surface area contributed by atoms with E-state index in [1.165, 1.54) is 0 Å². The van der Waals surface area contributed by atoms with Crippen molar-refractivity contribution in [2.45, 2.75) is 26.7 Å². The summed E-state index contributed by atoms with van der Waals surface area (Å²) in [4.78, 5) is 12.5. The lowest BCUT2D eigenvalue weighted by Gasteiger charge is -2.20. The summed E-state index contributed by atoms with van der Waals surface area (Å²) in [5.41, 5.74) is 1.87. The maximum Gasteiger partial charge on any atom is 0.233 e. The quantitative estimate of drug-likeness (QED) is 0.901. The number of halogens is 1. The number of hydrogen-bond acceptors (Lipinski definition) is 2. The molecule has 0 fully saturated rings. The molecule has 5 heteroatoms. The number of aromatic amines is 1. The Morgan fingerprint density at radius 1 is 1.30 bits per heavy atom. The van der Waals surface area contributed by atoms with Crippen LogP contribution in [0.1, 0.15) is 30.9 Å². The third-order valence-electron chi connectivity index (χ3n) is 3.26. The number of carbonyl (C=O) groups is 1. The fourth-order valence-electron chi connectivity index (χ4n) is 2.18. The van der Waals surface area contributed by atoms with E-state index in [1.807, 2.05) is 32.9 Å². The van der Waals surface area contributed by atoms with Crippen LogP contribution in [0, 0.1) is 12.8 Å². The summed E-state index contributed by atoms with van der Waals surface area (Å²) in [5.74, 6) is 0.554. The van der Waals surface area contributed by atoms with Crippen molar-refractivity contribution in [2.24, 2.45) is 5.92 Å². The molecule has 1 heterocycles. The van der Waals surface area contributed by atoms with E-state index in [0.717, 1.165) is 11.1 Å². The minimum atomic E-state index is -0.227. The average molecular weight is 292 g/mol. The minimum Gasteiger partial charge on any atom is -0.310 e. The lowest BCUT2D eigenvalue weighted by Crippen LogP contribution is -2.25. The van der Waals surface area contributed by atoms with Gasteiger partial charge < -0.3 is 5.32 Å². The number of benzene rings is 1. The molecular formula is C15H18ClN3O. The summed E-state index contributed by atoms with van der Waals surface area (Å²) in [6.45, 7) is 5.95. The zero-order valence-electron chi connectivity index (χ0n) is 11.8. The zero-order chi connectivity index (χ0) is 14.7. The highest BCUT2D eigenvalue weighted by molar-refractivity contribution is 6.30. The van der Waals surface area contributed by atoms with Crippen LogP contribution in [0.3, 0.4) is 0 Å². The molecule has 1 amide bonds. The van der Waals surface area contributed by atoms with Gasteiger partial charge >= 0.3 is 0 Å². The van der Waals surface area contributed by atoms with Crippen molar-refractivity contribution in [2.75, 3.05) is 5.32 Å². The van der Waals surface area contributed by atoms with Crippen LogP contribution < -0.4 is 5.32 Å². The molecule has 1 aromatic carbocycles. The fraction of sp³-hybridized carbons (Fsp3) is 0.333. The molecule has 20 heavy (non-hydrogen) atoms. The Morgan fingerprint density at radius 2 is 1.95 bits per heavy atom. The normalized spacial score (nSPS) is 12.4. The highest BCUT2D eigenvalue weighted by atomic mass is 35.5. The van der Waals surface area contributed by atoms with Crippen molar-refractivity contribution in [3.63, 3.8) is 0 Å². The van der Waals surface area contributed by atoms with E-state index in [9.17, 15) is 4.79 Å². The van der Waals surface area contributed by atoms with Gasteiger partial charge in [-0.3, -0.25) is 9.89 Å². The molecule has 0 aliphatic rings. The van der Waals surface area contributed by atoms with Gasteiger partial charge in [-0.2, -0.15) is 5.10 Å². The van der Waals surface area contributed by atoms with Gasteiger partial charge in [0.1, 0.15) is 5.82 Å². The van der Waals surface area contributed by atoms with Crippen LogP contribution >= 0.6 is 11.6 Å². The van der Waals surface area contributed by atoms with E-state index in [1.54, 1.807) is 18.3 Å². The van der Waals surface area contributed by atoms with Crippen molar-refractivity contribution >= 4 is 23.3 Å². The molecule has 1 atom stereocenters. The second-order valence-electron chi connectivity index (χ2n) is 5.19. The number of rotatable bonds is 4. The summed E-state index contributed by atoms with van der Waals surface area (Å²) < 4.78 is 0. The SMILES string of the molecule is Cc1cn[nH]c1NC(=O)C(c1ccc(Cl)cc1)C(C)C. The predicted molar refractivity (Wildman–Crippen MR) is 81.0 cm³/mol. The summed E-state index contributed by atoms with van der Waals surface area (Å²) in [6, 6.07) is 7.40. The third kappa shape index (κ3) is 3.20. The molecule has 106 valence electrons. The van der Waals surface area contributed by atoms with Gasteiger partial charge in [0, 0.05) is 10.6 Å². The fourth-order valence-corrected chi connectivity index (χ4v) is 2.31. The van der Waals surface area contributed by atoms with Crippen molar-refractivity contribution in [3.8, 4) is 0 Å². The van der Waals surface area contributed by atoms with Gasteiger partial charge in [0.2, 0.25) is 5.91 Å². The maximum atomic E-state index is 12.5. The van der Waals surface area contributed by atoms with Gasteiger partial charge in [-0.1, -0.05) is 37.6 Å². The smallest absolute Gasteiger partial charge is 0.233 e. The van der Waals surface area contributed by atoms with Gasteiger partial charge in [0.05, 0.1) is 12.1 Å². The van der Waals surface area contributed by atoms with E-state index in [-0.39, 0.29) is 17.7 Å². The molecule has 2 rings (SSSR count). The molecule has 0 aliphatic heterocycles. The van der Waals surface area contributed by atoms with Crippen LogP contribution in [0.4, 0.5) is 5.82 Å². The average Bonchev–Trinajstić information content (AvgIpc) is 2.77. The van der Waals surface area contributed by atoms with Crippen molar-refractivity contribution in [1.82, 2.24) is 10.2 Å². The molecule has 2 N–H and O–H groups in total. The first kappa shape index (κ1) is 14.6. The third-order valence-corrected chi connectivity index (χ3v) is 3.51. The lowest BCUT2D eigenvalue weighted by molar-refractivity contribution is -0.118. The number of nitrogens with one attached hydrogen (secondary N) is 2. The first-order valence-electron chi connectivity index (χ1n) is 6.55. The summed E-state index contributed by atoms with van der Waals surface area (Å²) >= 11 is 5.90. The molecule has 2 aromatic rings. The van der Waals surface area contributed by atoms with E-state index in [4.69, 9.17) is 11.6 Å². The van der Waals surface area contributed by atoms with E-state index >= 15 is 0 Å². The van der Waals surface area contributed by atoms with Crippen LogP contribution in [0.2, 0.25) is 5.02 Å². The number of aryl methyl sites for hydroxylation is 1. The van der Waals surface area contributed by atoms with Crippen LogP contribution in [0.5, 0.6) is 0 Å². The number of hydrogen-bond donors (Lipinski definition) is 2. The Bertz CT molecular complexity index is 589. The Labute approximate surface area is 123 Å². The van der Waals surface area contributed by atoms with Crippen molar-refractivity contribution in [3.05, 3.63) is 46.6 Å². The molecule has 4 nitrogen and oxygen atoms in total. The summed E-state index contributed by atoms with van der Waals surface area (Å²) in [6.07, 6.45) is 1.68. The topological polar surface area (TPSA) is 57.8 Å². The Hall–Kier alpha value is -1.81. The molecule has 1 aromatic heterocycles. The number of nitrogens with zero attached hydrogens (tertiary/aromatic N) is 1. The first-order valence-corrected chi connectivity index (χ1v) is 6.93. The lowest BCUT2D eigenvalue weighted by atomic mass is 9.87. The molecule has 0 bridgehead atoms. The van der Waals surface area contributed by atoms with Crippen LogP contribution in [0.15, 0.2) is 30.5 Å². The molecule has 0 saturated carbocycles. The second kappa shape index (κ2) is 6.09. The molecular weight excluding hydrogens is 274 g/mol. The van der Waals surface area contributed by atoms with Gasteiger partial charge in [-0.05, 0) is 30.5 Å². The Balaban J connectivity index is 2.22. The van der Waals surface area contributed by atoms with Crippen LogP contribution in [0.25, 0.3) is 0 Å². The summed E-state index contributed by atoms with van der Waals surface area (Å²) in [7, 11) is 0. The molecule has 0 radical (unpaired) electrons. The van der Waals surface area contributed by atoms with Gasteiger partial charge in [-0.15, -0.1) is 0 Å². The number of aromatic nitrogens is 2. The second-order valence-corrected chi connectivity index (χ2v) is 5.63. The molecule has 0 aliphatic carbocycles. The van der Waals surface area contributed by atoms with E-state index in [0.29, 0.717) is 10.8 Å². The van der Waals surface area contributed by atoms with Crippen LogP contribution in [-0.4, -0.2) is 16.1 Å². The number of carbonyl (C=O) groups excluding carboxylic acids is 1. The molecule has 0 saturated heterocycles. The molecule has 1 unspecified atom stereocenters. The van der Waals surface area contributed by atoms with E-state index in [2.05, 4.69) is 15.5 Å². The molecule has 0 spiro atoms. The van der Waals surface area contributed by atoms with Gasteiger partial charge in [0.25, 0.3) is 0 Å². The Kier molecular flexibility index (Phi) is 4.45. The predicted octanol–water partition coefficient (Wildman–Crippen LogP) is 3.75. The summed E-state index contributed by atoms with van der Waals surface area (Å²) in [5, 5.41) is 10.3. The Morgan fingerprint density at radius 3 is 2.45 bits per heavy atom. The highest BCUT2D eigenvalue weighted by Gasteiger charge is 2.24. The van der Waals surface area contributed by atoms with E-state index < -0.39 is 0 Å².